The molecule has 0 heterocycles. The summed E-state index contributed by atoms with van der Waals surface area (Å²) in [6.07, 6.45) is -12.3. The maximum absolute atomic E-state index is 13.8. The number of alkyl halides is 17. The van der Waals surface area contributed by atoms with Gasteiger partial charge in [0.15, 0.2) is 0 Å². The first-order chi connectivity index (χ1) is 14.5. The maximum Gasteiger partial charge on any atom is 0.389 e. The number of hydrogen-bond donors (Lipinski definition) is 0. The summed E-state index contributed by atoms with van der Waals surface area (Å²) >= 11 is 0. The van der Waals surface area contributed by atoms with Crippen molar-refractivity contribution in [3.05, 3.63) is 11.1 Å². The molecule has 0 aliphatic rings. The Balaban J connectivity index is 6.76. The lowest BCUT2D eigenvalue weighted by molar-refractivity contribution is -0.439. The number of carbonyl (C=O) groups excluding carboxylic acids is 1. The third-order valence-electron chi connectivity index (χ3n) is 4.49. The van der Waals surface area contributed by atoms with E-state index in [0.717, 1.165) is 0 Å². The molecular formula is C15H10F17O2-. The van der Waals surface area contributed by atoms with Gasteiger partial charge in [-0.3, -0.25) is 0 Å². The average molecular weight is 545 g/mol. The first-order valence-corrected chi connectivity index (χ1v) is 8.08. The van der Waals surface area contributed by atoms with Crippen LogP contribution in [-0.4, -0.2) is 53.6 Å². The molecule has 0 N–H and O–H groups in total. The number of aliphatic carboxylic acids is 1. The van der Waals surface area contributed by atoms with E-state index in [1.165, 1.54) is 0 Å². The van der Waals surface area contributed by atoms with Crippen molar-refractivity contribution < 1.29 is 84.5 Å². The van der Waals surface area contributed by atoms with E-state index in [9.17, 15) is 84.5 Å². The van der Waals surface area contributed by atoms with Crippen LogP contribution < -0.4 is 5.11 Å². The van der Waals surface area contributed by atoms with Gasteiger partial charge in [0.25, 0.3) is 0 Å². The van der Waals surface area contributed by atoms with E-state index in [-0.39, 0.29) is 6.92 Å². The van der Waals surface area contributed by atoms with Crippen molar-refractivity contribution in [1.29, 1.82) is 0 Å². The molecule has 0 aromatic heterocycles. The zero-order valence-corrected chi connectivity index (χ0v) is 16.2. The van der Waals surface area contributed by atoms with Gasteiger partial charge in [0.2, 0.25) is 0 Å². The Morgan fingerprint density at radius 3 is 1.21 bits per heavy atom. The van der Waals surface area contributed by atoms with Crippen molar-refractivity contribution in [3.8, 4) is 0 Å². The van der Waals surface area contributed by atoms with Crippen LogP contribution >= 0.6 is 0 Å². The normalized spacial score (nSPS) is 16.4. The molecule has 0 spiro atoms. The predicted molar refractivity (Wildman–Crippen MR) is 73.3 cm³/mol. The zero-order valence-electron chi connectivity index (χ0n) is 16.2. The lowest BCUT2D eigenvalue weighted by Crippen LogP contribution is -2.73. The van der Waals surface area contributed by atoms with Gasteiger partial charge in [-0.2, -0.15) is 74.6 Å². The van der Waals surface area contributed by atoms with Crippen molar-refractivity contribution in [2.75, 3.05) is 0 Å². The summed E-state index contributed by atoms with van der Waals surface area (Å²) in [4.78, 5) is 10.4. The Labute approximate surface area is 177 Å². The molecule has 2 nitrogen and oxygen atoms in total. The van der Waals surface area contributed by atoms with Gasteiger partial charge in [-0.1, -0.05) is 0 Å². The van der Waals surface area contributed by atoms with Gasteiger partial charge in [0.05, 0.1) is 5.97 Å². The molecule has 0 bridgehead atoms. The molecule has 0 saturated heterocycles. The van der Waals surface area contributed by atoms with Crippen LogP contribution in [0.25, 0.3) is 0 Å². The predicted octanol–water partition coefficient (Wildman–Crippen LogP) is 5.86. The van der Waals surface area contributed by atoms with E-state index in [0.29, 0.717) is 0 Å². The minimum atomic E-state index is -8.48. The van der Waals surface area contributed by atoms with Crippen molar-refractivity contribution in [3.63, 3.8) is 0 Å². The van der Waals surface area contributed by atoms with E-state index in [4.69, 9.17) is 0 Å². The van der Waals surface area contributed by atoms with E-state index < -0.39 is 84.5 Å². The second-order valence-electron chi connectivity index (χ2n) is 6.80. The van der Waals surface area contributed by atoms with Crippen LogP contribution in [0.4, 0.5) is 74.6 Å². The highest BCUT2D eigenvalue weighted by Crippen LogP contribution is 2.63. The molecule has 0 unspecified atom stereocenters. The molecule has 34 heavy (non-hydrogen) atoms. The van der Waals surface area contributed by atoms with E-state index >= 15 is 0 Å². The lowest BCUT2D eigenvalue weighted by atomic mass is 9.86. The summed E-state index contributed by atoms with van der Waals surface area (Å²) in [5.74, 6) is -57.4. The smallest absolute Gasteiger partial charge is 0.389 e. The molecule has 0 amide bonds. The van der Waals surface area contributed by atoms with Gasteiger partial charge in [-0.25, -0.2) is 0 Å². The molecule has 0 aliphatic heterocycles. The number of carbonyl (C=O) groups is 1. The fourth-order valence-corrected chi connectivity index (χ4v) is 2.10. The van der Waals surface area contributed by atoms with Crippen LogP contribution in [0.5, 0.6) is 0 Å². The van der Waals surface area contributed by atoms with Crippen LogP contribution in [0, 0.1) is 0 Å². The Bertz CT molecular complexity index is 806. The highest BCUT2D eigenvalue weighted by molar-refractivity contribution is 5.85. The molecule has 0 aromatic rings. The molecule has 0 atom stereocenters. The third-order valence-corrected chi connectivity index (χ3v) is 4.49. The van der Waals surface area contributed by atoms with E-state index in [1.807, 2.05) is 0 Å². The third kappa shape index (κ3) is 4.74. The van der Waals surface area contributed by atoms with Crippen molar-refractivity contribution >= 4 is 5.97 Å². The Morgan fingerprint density at radius 2 is 0.882 bits per heavy atom. The number of halogens is 17. The molecule has 0 aromatic carbocycles. The van der Waals surface area contributed by atoms with Crippen molar-refractivity contribution in [2.45, 2.75) is 74.3 Å². The highest BCUT2D eigenvalue weighted by Gasteiger charge is 2.92. The van der Waals surface area contributed by atoms with Gasteiger partial charge in [-0.15, -0.1) is 0 Å². The largest absolute Gasteiger partial charge is 0.545 e. The van der Waals surface area contributed by atoms with E-state index in [2.05, 4.69) is 0 Å². The summed E-state index contributed by atoms with van der Waals surface area (Å²) in [5, 5.41) is 10.4. The highest BCUT2D eigenvalue weighted by atomic mass is 19.4. The fraction of sp³-hybridized carbons (Fsp3) is 0.800. The Kier molecular flexibility index (Phi) is 8.10. The Morgan fingerprint density at radius 1 is 0.559 bits per heavy atom. The second-order valence-corrected chi connectivity index (χ2v) is 6.80. The summed E-state index contributed by atoms with van der Waals surface area (Å²) < 4.78 is 226. The number of allylic oxidation sites excluding steroid dienone is 1. The quantitative estimate of drug-likeness (QED) is 0.255. The van der Waals surface area contributed by atoms with Gasteiger partial charge < -0.3 is 9.90 Å². The number of carboxylic acids is 1. The number of hydrogen-bond acceptors (Lipinski definition) is 2. The van der Waals surface area contributed by atoms with Crippen molar-refractivity contribution in [2.24, 2.45) is 0 Å². The van der Waals surface area contributed by atoms with Crippen LogP contribution in [0.2, 0.25) is 0 Å². The topological polar surface area (TPSA) is 40.1 Å². The summed E-state index contributed by atoms with van der Waals surface area (Å²) in [7, 11) is 0. The number of rotatable bonds is 10. The van der Waals surface area contributed by atoms with Gasteiger partial charge in [0.1, 0.15) is 0 Å². The molecule has 0 radical (unpaired) electrons. The van der Waals surface area contributed by atoms with Crippen LogP contribution in [0.3, 0.4) is 0 Å². The van der Waals surface area contributed by atoms with Crippen LogP contribution in [0.15, 0.2) is 11.1 Å². The molecule has 0 rings (SSSR count). The second kappa shape index (κ2) is 8.60. The summed E-state index contributed by atoms with van der Waals surface area (Å²) in [6.45, 7) is -0.416. The van der Waals surface area contributed by atoms with Gasteiger partial charge in [0, 0.05) is 18.4 Å². The van der Waals surface area contributed by atoms with E-state index in [1.54, 1.807) is 0 Å². The minimum Gasteiger partial charge on any atom is -0.545 e. The van der Waals surface area contributed by atoms with Gasteiger partial charge >= 0.3 is 47.6 Å². The number of carboxylic acid groups (broad SMARTS) is 1. The monoisotopic (exact) mass is 545 g/mol. The summed E-state index contributed by atoms with van der Waals surface area (Å²) in [6, 6.07) is 0. The zero-order chi connectivity index (χ0) is 28.1. The molecule has 0 saturated carbocycles. The maximum atomic E-state index is 13.8. The molecule has 0 fully saturated rings. The molecular weight excluding hydrogens is 535 g/mol. The summed E-state index contributed by atoms with van der Waals surface area (Å²) in [5.41, 5.74) is -4.71. The fourth-order valence-electron chi connectivity index (χ4n) is 2.10. The van der Waals surface area contributed by atoms with Crippen LogP contribution in [-0.2, 0) is 4.79 Å². The van der Waals surface area contributed by atoms with Crippen molar-refractivity contribution in [1.82, 2.24) is 0 Å². The first kappa shape index (κ1) is 32.0. The first-order valence-electron chi connectivity index (χ1n) is 8.08. The molecule has 202 valence electrons. The van der Waals surface area contributed by atoms with Crippen LogP contribution in [0.1, 0.15) is 26.7 Å². The SMILES string of the molecule is CC(C(=O)[O-])=C(C)C(F)(F)C(F)(F)C(F)(F)C(F)(F)C(F)(F)C(F)(F)C(F)(F)CCC(F)(F)F. The Hall–Kier alpha value is -1.98. The lowest BCUT2D eigenvalue weighted by Gasteiger charge is -2.43. The molecule has 19 heteroatoms. The van der Waals surface area contributed by atoms with Gasteiger partial charge in [-0.05, 0) is 19.4 Å². The minimum absolute atomic E-state index is 0.0189. The standard InChI is InChI=1S/C15H11F17O2/c1-5(7(33)34)6(2)10(21,22)12(25,26)14(29,30)15(31,32)13(27,28)11(23,24)8(16,17)3-4-9(18,19)20/h3-4H2,1-2H3,(H,33,34)/p-1. The average Bonchev–Trinajstić information content (AvgIpc) is 2.63. The molecule has 0 aliphatic carbocycles.